The lowest BCUT2D eigenvalue weighted by Gasteiger charge is -2.36. The number of rotatable bonds is 4. The van der Waals surface area contributed by atoms with Crippen LogP contribution in [-0.4, -0.2) is 56.3 Å². The number of anilines is 1. The van der Waals surface area contributed by atoms with Crippen LogP contribution >= 0.6 is 0 Å². The van der Waals surface area contributed by atoms with Crippen molar-refractivity contribution in [2.75, 3.05) is 18.4 Å². The van der Waals surface area contributed by atoms with Gasteiger partial charge in [0.05, 0.1) is 29.1 Å². The first kappa shape index (κ1) is 30.3. The van der Waals surface area contributed by atoms with Gasteiger partial charge >= 0.3 is 12.1 Å². The molecule has 0 saturated heterocycles. The zero-order valence-electron chi connectivity index (χ0n) is 24.1. The van der Waals surface area contributed by atoms with E-state index in [4.69, 9.17) is 9.90 Å². The number of fused-ring (bicyclic) bond motifs is 3. The van der Waals surface area contributed by atoms with Gasteiger partial charge in [-0.2, -0.15) is 18.4 Å². The highest BCUT2D eigenvalue weighted by atomic mass is 19.4. The molecule has 226 valence electrons. The van der Waals surface area contributed by atoms with Crippen LogP contribution in [0.5, 0.6) is 0 Å². The molecule has 8 nitrogen and oxygen atoms in total. The average Bonchev–Trinajstić information content (AvgIpc) is 3.31. The summed E-state index contributed by atoms with van der Waals surface area (Å²) in [6, 6.07) is 17.9. The lowest BCUT2D eigenvalue weighted by molar-refractivity contribution is -0.192. The molecule has 1 fully saturated rings. The second-order valence-electron chi connectivity index (χ2n) is 11.3. The summed E-state index contributed by atoms with van der Waals surface area (Å²) >= 11 is 0. The number of halogens is 3. The molecule has 0 radical (unpaired) electrons. The third kappa shape index (κ3) is 7.08. The van der Waals surface area contributed by atoms with Crippen LogP contribution in [0, 0.1) is 18.3 Å². The van der Waals surface area contributed by atoms with Crippen molar-refractivity contribution in [3.8, 4) is 17.3 Å². The molecule has 1 unspecified atom stereocenters. The molecule has 3 aliphatic rings. The van der Waals surface area contributed by atoms with E-state index >= 15 is 0 Å². The molecular weight excluding hydrogens is 557 g/mol. The van der Waals surface area contributed by atoms with Crippen LogP contribution in [-0.2, 0) is 11.3 Å². The number of alkyl halides is 3. The number of carbonyl (C=O) groups is 1. The Morgan fingerprint density at radius 3 is 2.53 bits per heavy atom. The molecule has 6 rings (SSSR count). The van der Waals surface area contributed by atoms with E-state index in [0.29, 0.717) is 5.56 Å². The Labute approximate surface area is 248 Å². The van der Waals surface area contributed by atoms with E-state index in [9.17, 15) is 18.4 Å². The normalized spacial score (nSPS) is 19.0. The maximum atomic E-state index is 10.6. The minimum Gasteiger partial charge on any atom is -0.475 e. The van der Waals surface area contributed by atoms with Gasteiger partial charge in [0.2, 0.25) is 0 Å². The number of aromatic nitrogens is 3. The van der Waals surface area contributed by atoms with E-state index in [2.05, 4.69) is 50.9 Å². The fraction of sp³-hybridized carbons (Fsp3) is 0.438. The minimum absolute atomic E-state index is 0.123. The van der Waals surface area contributed by atoms with Crippen molar-refractivity contribution in [3.63, 3.8) is 0 Å². The first-order chi connectivity index (χ1) is 20.6. The van der Waals surface area contributed by atoms with Crippen LogP contribution in [0.25, 0.3) is 16.8 Å². The Balaban J connectivity index is 0.000000472. The number of hydrogen-bond donors (Lipinski definition) is 2. The third-order valence-corrected chi connectivity index (χ3v) is 8.49. The SMILES string of the molecule is Cc1nnn2c1-c1ccc(C3=CCN(C4CCCCC4)CC3)cc1C(Nc1cccc(C#N)c1)CC2.O=C(O)C(F)(F)F. The van der Waals surface area contributed by atoms with Gasteiger partial charge in [-0.25, -0.2) is 9.48 Å². The molecule has 1 aromatic heterocycles. The molecule has 43 heavy (non-hydrogen) atoms. The number of aliphatic carboxylic acids is 1. The highest BCUT2D eigenvalue weighted by molar-refractivity contribution is 5.75. The van der Waals surface area contributed by atoms with Crippen molar-refractivity contribution < 1.29 is 23.1 Å². The number of carboxylic acids is 1. The number of nitrogens with one attached hydrogen (secondary N) is 1. The van der Waals surface area contributed by atoms with Gasteiger partial charge in [-0.1, -0.05) is 48.8 Å². The fourth-order valence-electron chi connectivity index (χ4n) is 6.32. The Morgan fingerprint density at radius 1 is 1.09 bits per heavy atom. The molecular formula is C32H35F3N6O2. The molecule has 0 spiro atoms. The summed E-state index contributed by atoms with van der Waals surface area (Å²) in [7, 11) is 0. The maximum absolute atomic E-state index is 10.6. The summed E-state index contributed by atoms with van der Waals surface area (Å²) in [6.07, 6.45) is 6.30. The van der Waals surface area contributed by atoms with Gasteiger partial charge in [0.1, 0.15) is 0 Å². The smallest absolute Gasteiger partial charge is 0.475 e. The fourth-order valence-corrected chi connectivity index (χ4v) is 6.32. The number of benzene rings is 2. The number of nitrogens with zero attached hydrogens (tertiary/aromatic N) is 5. The Morgan fingerprint density at radius 2 is 1.86 bits per heavy atom. The van der Waals surface area contributed by atoms with Crippen molar-refractivity contribution in [2.45, 2.75) is 76.7 Å². The van der Waals surface area contributed by atoms with Gasteiger partial charge < -0.3 is 10.4 Å². The van der Waals surface area contributed by atoms with E-state index in [1.165, 1.54) is 54.4 Å². The predicted molar refractivity (Wildman–Crippen MR) is 157 cm³/mol. The highest BCUT2D eigenvalue weighted by Gasteiger charge is 2.38. The van der Waals surface area contributed by atoms with E-state index in [-0.39, 0.29) is 6.04 Å². The first-order valence-corrected chi connectivity index (χ1v) is 14.7. The van der Waals surface area contributed by atoms with Crippen LogP contribution in [0.1, 0.15) is 73.4 Å². The Hall–Kier alpha value is -4.17. The van der Waals surface area contributed by atoms with Crippen molar-refractivity contribution in [1.82, 2.24) is 19.9 Å². The van der Waals surface area contributed by atoms with Crippen molar-refractivity contribution in [2.24, 2.45) is 0 Å². The van der Waals surface area contributed by atoms with Crippen LogP contribution in [0.15, 0.2) is 48.5 Å². The van der Waals surface area contributed by atoms with Gasteiger partial charge in [-0.3, -0.25) is 4.90 Å². The van der Waals surface area contributed by atoms with E-state index in [1.807, 2.05) is 35.9 Å². The number of hydrogen-bond acceptors (Lipinski definition) is 6. The zero-order valence-corrected chi connectivity index (χ0v) is 24.1. The second kappa shape index (κ2) is 13.0. The monoisotopic (exact) mass is 592 g/mol. The summed E-state index contributed by atoms with van der Waals surface area (Å²) < 4.78 is 33.8. The van der Waals surface area contributed by atoms with Crippen LogP contribution in [0.2, 0.25) is 0 Å². The summed E-state index contributed by atoms with van der Waals surface area (Å²) in [4.78, 5) is 11.6. The summed E-state index contributed by atoms with van der Waals surface area (Å²) in [6.45, 7) is 5.07. The van der Waals surface area contributed by atoms with Crippen molar-refractivity contribution in [1.29, 1.82) is 5.26 Å². The molecule has 0 bridgehead atoms. The summed E-state index contributed by atoms with van der Waals surface area (Å²) in [5, 5.41) is 29.0. The summed E-state index contributed by atoms with van der Waals surface area (Å²) in [5.41, 5.74) is 9.01. The number of carboxylic acid groups (broad SMARTS) is 1. The van der Waals surface area contributed by atoms with Gasteiger partial charge in [0.15, 0.2) is 0 Å². The molecule has 3 aromatic rings. The summed E-state index contributed by atoms with van der Waals surface area (Å²) in [5.74, 6) is -2.76. The zero-order chi connectivity index (χ0) is 30.6. The maximum Gasteiger partial charge on any atom is 0.490 e. The molecule has 11 heteroatoms. The molecule has 2 aliphatic heterocycles. The van der Waals surface area contributed by atoms with Gasteiger partial charge in [0.25, 0.3) is 0 Å². The van der Waals surface area contributed by atoms with Gasteiger partial charge in [0, 0.05) is 36.9 Å². The molecule has 3 heterocycles. The topological polar surface area (TPSA) is 107 Å². The van der Waals surface area contributed by atoms with Crippen LogP contribution < -0.4 is 5.32 Å². The molecule has 1 saturated carbocycles. The quantitative estimate of drug-likeness (QED) is 0.346. The predicted octanol–water partition coefficient (Wildman–Crippen LogP) is 6.74. The molecule has 2 N–H and O–H groups in total. The first-order valence-electron chi connectivity index (χ1n) is 14.7. The van der Waals surface area contributed by atoms with Crippen molar-refractivity contribution in [3.05, 3.63) is 70.9 Å². The van der Waals surface area contributed by atoms with Crippen molar-refractivity contribution >= 4 is 17.2 Å². The second-order valence-corrected chi connectivity index (χ2v) is 11.3. The number of aryl methyl sites for hydroxylation is 2. The van der Waals surface area contributed by atoms with Crippen LogP contribution in [0.4, 0.5) is 18.9 Å². The Bertz CT molecular complexity index is 1530. The lowest BCUT2D eigenvalue weighted by atomic mass is 9.89. The standard InChI is InChI=1S/C30H34N6.C2HF3O2/c1-21-30-27-11-10-24(23-12-15-35(16-13-23)26-8-3-2-4-9-26)19-28(27)29(14-17-36(30)34-33-21)32-25-7-5-6-22(18-25)20-31;3-2(4,5)1(6)7/h5-7,10-12,18-19,26,29,32H,2-4,8-9,13-17H2,1H3;(H,6,7). The lowest BCUT2D eigenvalue weighted by Crippen LogP contribution is -2.39. The van der Waals surface area contributed by atoms with Gasteiger partial charge in [-0.05, 0) is 73.6 Å². The average molecular weight is 593 g/mol. The Kier molecular flexibility index (Phi) is 9.16. The largest absolute Gasteiger partial charge is 0.490 e. The third-order valence-electron chi connectivity index (χ3n) is 8.49. The minimum atomic E-state index is -5.08. The van der Waals surface area contributed by atoms with E-state index in [0.717, 1.165) is 55.6 Å². The van der Waals surface area contributed by atoms with E-state index < -0.39 is 12.1 Å². The highest BCUT2D eigenvalue weighted by Crippen LogP contribution is 2.39. The molecule has 1 atom stereocenters. The molecule has 1 aliphatic carbocycles. The van der Waals surface area contributed by atoms with Crippen LogP contribution in [0.3, 0.4) is 0 Å². The van der Waals surface area contributed by atoms with Gasteiger partial charge in [-0.15, -0.1) is 5.10 Å². The van der Waals surface area contributed by atoms with E-state index in [1.54, 1.807) is 0 Å². The number of nitriles is 1. The molecule has 0 amide bonds. The molecule has 2 aromatic carbocycles.